The van der Waals surface area contributed by atoms with Crippen LogP contribution in [-0.4, -0.2) is 46.3 Å². The van der Waals surface area contributed by atoms with Gasteiger partial charge in [0.05, 0.1) is 19.1 Å². The third kappa shape index (κ3) is 6.67. The third-order valence-corrected chi connectivity index (χ3v) is 7.49. The molecule has 216 valence electrons. The number of aliphatic carboxylic acids is 2. The first-order valence-corrected chi connectivity index (χ1v) is 13.6. The molecule has 2 atom stereocenters. The van der Waals surface area contributed by atoms with E-state index in [0.29, 0.717) is 52.2 Å². The zero-order valence-electron chi connectivity index (χ0n) is 23.0. The highest BCUT2D eigenvalue weighted by Gasteiger charge is 2.38. The lowest BCUT2D eigenvalue weighted by molar-refractivity contribution is -0.142. The van der Waals surface area contributed by atoms with Crippen LogP contribution in [0.5, 0.6) is 17.2 Å². The number of halogens is 1. The SMILES string of the molecule is CCc1cc(-c2ccc(F)cc2)c(O)cc1OCCCOc1ccc2c(c1CCC(=O)O)C(C(C)C(=O)O)CC2=O. The Bertz CT molecular complexity index is 1450. The number of ether oxygens (including phenoxy) is 2. The van der Waals surface area contributed by atoms with E-state index in [1.165, 1.54) is 12.1 Å². The number of carbonyl (C=O) groups excluding carboxylic acids is 1. The molecule has 2 unspecified atom stereocenters. The monoisotopic (exact) mass is 564 g/mol. The van der Waals surface area contributed by atoms with Crippen molar-refractivity contribution in [3.05, 3.63) is 76.6 Å². The Morgan fingerprint density at radius 2 is 1.68 bits per heavy atom. The van der Waals surface area contributed by atoms with Crippen LogP contribution in [0.25, 0.3) is 11.1 Å². The fourth-order valence-electron chi connectivity index (χ4n) is 5.26. The Morgan fingerprint density at radius 1 is 1.00 bits per heavy atom. The van der Waals surface area contributed by atoms with E-state index >= 15 is 0 Å². The van der Waals surface area contributed by atoms with Crippen LogP contribution in [0, 0.1) is 11.7 Å². The van der Waals surface area contributed by atoms with Gasteiger partial charge in [0.15, 0.2) is 5.78 Å². The molecule has 0 radical (unpaired) electrons. The summed E-state index contributed by atoms with van der Waals surface area (Å²) in [5.74, 6) is -2.94. The van der Waals surface area contributed by atoms with E-state index in [4.69, 9.17) is 9.47 Å². The van der Waals surface area contributed by atoms with Crippen LogP contribution in [0.15, 0.2) is 48.5 Å². The summed E-state index contributed by atoms with van der Waals surface area (Å²) in [4.78, 5) is 35.7. The van der Waals surface area contributed by atoms with Crippen molar-refractivity contribution in [2.24, 2.45) is 5.92 Å². The first kappa shape index (κ1) is 29.6. The minimum absolute atomic E-state index is 0.0148. The molecule has 0 aromatic heterocycles. The molecule has 4 rings (SSSR count). The number of aromatic hydroxyl groups is 1. The molecule has 3 N–H and O–H groups in total. The summed E-state index contributed by atoms with van der Waals surface area (Å²) in [6.07, 6.45) is 1.10. The summed E-state index contributed by atoms with van der Waals surface area (Å²) >= 11 is 0. The van der Waals surface area contributed by atoms with Crippen LogP contribution in [0.1, 0.15) is 66.1 Å². The van der Waals surface area contributed by atoms with Crippen LogP contribution < -0.4 is 9.47 Å². The zero-order chi connectivity index (χ0) is 29.7. The van der Waals surface area contributed by atoms with Crippen molar-refractivity contribution in [2.45, 2.75) is 51.9 Å². The average Bonchev–Trinajstić information content (AvgIpc) is 3.28. The van der Waals surface area contributed by atoms with Crippen LogP contribution in [0.2, 0.25) is 0 Å². The quantitative estimate of drug-likeness (QED) is 0.215. The van der Waals surface area contributed by atoms with Gasteiger partial charge in [-0.05, 0) is 65.4 Å². The number of ketones is 1. The van der Waals surface area contributed by atoms with Gasteiger partial charge in [-0.2, -0.15) is 0 Å². The lowest BCUT2D eigenvalue weighted by Crippen LogP contribution is -2.19. The van der Waals surface area contributed by atoms with Crippen LogP contribution in [0.3, 0.4) is 0 Å². The predicted molar refractivity (Wildman–Crippen MR) is 149 cm³/mol. The number of carboxylic acid groups (broad SMARTS) is 2. The van der Waals surface area contributed by atoms with Crippen molar-refractivity contribution in [2.75, 3.05) is 13.2 Å². The highest BCUT2D eigenvalue weighted by molar-refractivity contribution is 6.02. The lowest BCUT2D eigenvalue weighted by Gasteiger charge is -2.21. The second kappa shape index (κ2) is 12.8. The Hall–Kier alpha value is -4.40. The van der Waals surface area contributed by atoms with Crippen molar-refractivity contribution in [3.63, 3.8) is 0 Å². The number of phenols is 1. The molecule has 9 heteroatoms. The normalized spacial score (nSPS) is 14.9. The number of benzene rings is 3. The summed E-state index contributed by atoms with van der Waals surface area (Å²) in [7, 11) is 0. The molecule has 0 amide bonds. The van der Waals surface area contributed by atoms with Crippen LogP contribution in [0.4, 0.5) is 4.39 Å². The van der Waals surface area contributed by atoms with E-state index in [1.54, 1.807) is 37.3 Å². The number of carboxylic acids is 2. The minimum Gasteiger partial charge on any atom is -0.507 e. The van der Waals surface area contributed by atoms with E-state index in [1.807, 2.05) is 13.0 Å². The standard InChI is InChI=1S/C32H33FO8/c1-3-19-15-25(20-5-7-21(33)8-6-20)27(35)17-29(19)41-14-4-13-40-28-11-9-22-26(34)16-24(18(2)32(38)39)31(22)23(28)10-12-30(36)37/h5-9,11,15,17-18,24,35H,3-4,10,12-14,16H2,1-2H3,(H,36,37)(H,38,39). The van der Waals surface area contributed by atoms with Crippen molar-refractivity contribution in [1.29, 1.82) is 0 Å². The fourth-order valence-corrected chi connectivity index (χ4v) is 5.26. The molecule has 1 aliphatic rings. The molecule has 0 aliphatic heterocycles. The molecular weight excluding hydrogens is 531 g/mol. The van der Waals surface area contributed by atoms with Gasteiger partial charge < -0.3 is 24.8 Å². The molecule has 3 aromatic rings. The number of hydrogen-bond donors (Lipinski definition) is 3. The second-order valence-corrected chi connectivity index (χ2v) is 10.1. The number of carbonyl (C=O) groups is 3. The molecule has 3 aromatic carbocycles. The fraction of sp³-hybridized carbons (Fsp3) is 0.344. The molecular formula is C32H33FO8. The van der Waals surface area contributed by atoms with E-state index in [0.717, 1.165) is 5.56 Å². The summed E-state index contributed by atoms with van der Waals surface area (Å²) < 4.78 is 25.3. The Kier molecular flexibility index (Phi) is 9.27. The number of rotatable bonds is 13. The molecule has 0 bridgehead atoms. The number of phenolic OH excluding ortho intramolecular Hbond substituents is 1. The molecule has 0 saturated carbocycles. The average molecular weight is 565 g/mol. The highest BCUT2D eigenvalue weighted by Crippen LogP contribution is 2.44. The number of fused-ring (bicyclic) bond motifs is 1. The van der Waals surface area contributed by atoms with Gasteiger partial charge in [0.25, 0.3) is 0 Å². The number of hydrogen-bond acceptors (Lipinski definition) is 6. The van der Waals surface area contributed by atoms with Crippen LogP contribution >= 0.6 is 0 Å². The summed E-state index contributed by atoms with van der Waals surface area (Å²) in [6, 6.07) is 12.5. The van der Waals surface area contributed by atoms with Gasteiger partial charge in [-0.1, -0.05) is 26.0 Å². The van der Waals surface area contributed by atoms with Gasteiger partial charge >= 0.3 is 11.9 Å². The maximum atomic E-state index is 13.3. The predicted octanol–water partition coefficient (Wildman–Crippen LogP) is 6.02. The molecule has 8 nitrogen and oxygen atoms in total. The molecule has 1 aliphatic carbocycles. The van der Waals surface area contributed by atoms with E-state index in [9.17, 15) is 34.1 Å². The lowest BCUT2D eigenvalue weighted by atomic mass is 9.84. The third-order valence-electron chi connectivity index (χ3n) is 7.49. The van der Waals surface area contributed by atoms with Gasteiger partial charge in [-0.15, -0.1) is 0 Å². The van der Waals surface area contributed by atoms with Gasteiger partial charge in [0.2, 0.25) is 0 Å². The van der Waals surface area contributed by atoms with E-state index in [2.05, 4.69) is 0 Å². The van der Waals surface area contributed by atoms with Gasteiger partial charge in [0.1, 0.15) is 23.1 Å². The van der Waals surface area contributed by atoms with E-state index in [-0.39, 0.29) is 49.8 Å². The number of aryl methyl sites for hydroxylation is 1. The Morgan fingerprint density at radius 3 is 2.32 bits per heavy atom. The van der Waals surface area contributed by atoms with Gasteiger partial charge in [-0.25, -0.2) is 4.39 Å². The van der Waals surface area contributed by atoms with Crippen molar-refractivity contribution < 1.29 is 43.6 Å². The minimum atomic E-state index is -1.02. The summed E-state index contributed by atoms with van der Waals surface area (Å²) in [5, 5.41) is 29.5. The molecule has 0 saturated heterocycles. The first-order chi connectivity index (χ1) is 19.6. The maximum Gasteiger partial charge on any atom is 0.306 e. The zero-order valence-corrected chi connectivity index (χ0v) is 23.0. The van der Waals surface area contributed by atoms with Crippen molar-refractivity contribution >= 4 is 17.7 Å². The second-order valence-electron chi connectivity index (χ2n) is 10.1. The van der Waals surface area contributed by atoms with Gasteiger partial charge in [-0.3, -0.25) is 14.4 Å². The molecule has 0 spiro atoms. The maximum absolute atomic E-state index is 13.3. The summed E-state index contributed by atoms with van der Waals surface area (Å²) in [6.45, 7) is 4.02. The molecule has 41 heavy (non-hydrogen) atoms. The van der Waals surface area contributed by atoms with Crippen molar-refractivity contribution in [1.82, 2.24) is 0 Å². The topological polar surface area (TPSA) is 130 Å². The smallest absolute Gasteiger partial charge is 0.306 e. The Labute approximate surface area is 237 Å². The summed E-state index contributed by atoms with van der Waals surface area (Å²) in [5.41, 5.74) is 3.70. The van der Waals surface area contributed by atoms with Gasteiger partial charge in [0, 0.05) is 42.4 Å². The largest absolute Gasteiger partial charge is 0.507 e. The Balaban J connectivity index is 1.46. The van der Waals surface area contributed by atoms with E-state index < -0.39 is 23.8 Å². The number of Topliss-reactive ketones (excluding diaryl/α,β-unsaturated/α-hetero) is 1. The molecule has 0 fully saturated rings. The van der Waals surface area contributed by atoms with Crippen molar-refractivity contribution in [3.8, 4) is 28.4 Å². The first-order valence-electron chi connectivity index (χ1n) is 13.6. The van der Waals surface area contributed by atoms with Crippen LogP contribution in [-0.2, 0) is 22.4 Å². The molecule has 0 heterocycles. The highest BCUT2D eigenvalue weighted by atomic mass is 19.1.